The molecule has 0 spiro atoms. The number of benzene rings is 2. The van der Waals surface area contributed by atoms with Gasteiger partial charge in [0.05, 0.1) is 32.8 Å². The molecular formula is C20H25N2O2+. The zero-order chi connectivity index (χ0) is 16.8. The van der Waals surface area contributed by atoms with Crippen molar-refractivity contribution in [3.05, 3.63) is 71.8 Å². The second-order valence-corrected chi connectivity index (χ2v) is 6.10. The minimum absolute atomic E-state index is 0.187. The number of hydrogen-bond donors (Lipinski definition) is 1. The second-order valence-electron chi connectivity index (χ2n) is 6.10. The molecular weight excluding hydrogens is 300 g/mol. The smallest absolute Gasteiger partial charge is 0.410 e. The van der Waals surface area contributed by atoms with Crippen molar-refractivity contribution in [3.63, 3.8) is 0 Å². The molecule has 0 aliphatic carbocycles. The Bertz CT molecular complexity index is 598. The molecule has 1 fully saturated rings. The van der Waals surface area contributed by atoms with Crippen molar-refractivity contribution < 1.29 is 14.4 Å². The summed E-state index contributed by atoms with van der Waals surface area (Å²) in [4.78, 5) is 15.2. The molecule has 4 nitrogen and oxygen atoms in total. The highest BCUT2D eigenvalue weighted by Gasteiger charge is 2.31. The third kappa shape index (κ3) is 3.77. The first-order chi connectivity index (χ1) is 11.8. The average molecular weight is 325 g/mol. The van der Waals surface area contributed by atoms with Gasteiger partial charge in [-0.3, -0.25) is 4.90 Å². The molecule has 1 aliphatic heterocycles. The van der Waals surface area contributed by atoms with Crippen molar-refractivity contribution in [1.29, 1.82) is 0 Å². The van der Waals surface area contributed by atoms with E-state index >= 15 is 0 Å². The average Bonchev–Trinajstić information content (AvgIpc) is 2.64. The van der Waals surface area contributed by atoms with Crippen molar-refractivity contribution in [2.75, 3.05) is 32.8 Å². The first-order valence-corrected chi connectivity index (χ1v) is 8.65. The normalized spacial score (nSPS) is 15.5. The number of carbonyl (C=O) groups is 1. The summed E-state index contributed by atoms with van der Waals surface area (Å²) in [5.74, 6) is 0. The zero-order valence-electron chi connectivity index (χ0n) is 14.2. The number of amides is 1. The number of nitrogens with one attached hydrogen (secondary N) is 1. The Morgan fingerprint density at radius 1 is 1.00 bits per heavy atom. The maximum absolute atomic E-state index is 11.9. The summed E-state index contributed by atoms with van der Waals surface area (Å²) >= 11 is 0. The molecule has 1 N–H and O–H groups in total. The Balaban J connectivity index is 1.77. The van der Waals surface area contributed by atoms with Crippen LogP contribution in [0.2, 0.25) is 0 Å². The van der Waals surface area contributed by atoms with Crippen molar-refractivity contribution in [3.8, 4) is 0 Å². The number of hydrogen-bond acceptors (Lipinski definition) is 2. The van der Waals surface area contributed by atoms with Crippen LogP contribution in [-0.2, 0) is 4.74 Å². The van der Waals surface area contributed by atoms with Crippen LogP contribution in [0.15, 0.2) is 60.7 Å². The first kappa shape index (κ1) is 16.5. The largest absolute Gasteiger partial charge is 0.450 e. The van der Waals surface area contributed by atoms with Gasteiger partial charge in [0.1, 0.15) is 6.04 Å². The molecule has 0 aromatic heterocycles. The third-order valence-corrected chi connectivity index (χ3v) is 4.61. The van der Waals surface area contributed by atoms with Gasteiger partial charge in [0.15, 0.2) is 0 Å². The lowest BCUT2D eigenvalue weighted by Crippen LogP contribution is -3.15. The summed E-state index contributed by atoms with van der Waals surface area (Å²) in [5.41, 5.74) is 2.64. The molecule has 1 saturated heterocycles. The SMILES string of the molecule is CCOC(=O)N1CC[NH+](C(c2ccccc2)c2ccccc2)CC1. The lowest BCUT2D eigenvalue weighted by atomic mass is 9.96. The van der Waals surface area contributed by atoms with Crippen molar-refractivity contribution in [2.45, 2.75) is 13.0 Å². The molecule has 2 aromatic rings. The fourth-order valence-corrected chi connectivity index (χ4v) is 3.43. The molecule has 0 saturated carbocycles. The standard InChI is InChI=1S/C20H24N2O2/c1-2-24-20(23)22-15-13-21(14-16-22)19(17-9-5-3-6-10-17)18-11-7-4-8-12-18/h3-12,19H,2,13-16H2,1H3/p+1. The Morgan fingerprint density at radius 3 is 1.96 bits per heavy atom. The van der Waals surface area contributed by atoms with E-state index in [2.05, 4.69) is 60.7 Å². The molecule has 4 heteroatoms. The first-order valence-electron chi connectivity index (χ1n) is 8.65. The Kier molecular flexibility index (Phi) is 5.49. The predicted molar refractivity (Wildman–Crippen MR) is 94.0 cm³/mol. The molecule has 0 radical (unpaired) electrons. The fourth-order valence-electron chi connectivity index (χ4n) is 3.43. The zero-order valence-corrected chi connectivity index (χ0v) is 14.2. The number of carbonyl (C=O) groups excluding carboxylic acids is 1. The number of quaternary nitrogens is 1. The predicted octanol–water partition coefficient (Wildman–Crippen LogP) is 2.13. The van der Waals surface area contributed by atoms with Crippen LogP contribution in [0, 0.1) is 0 Å². The van der Waals surface area contributed by atoms with E-state index in [4.69, 9.17) is 4.74 Å². The minimum Gasteiger partial charge on any atom is -0.450 e. The molecule has 0 unspecified atom stereocenters. The van der Waals surface area contributed by atoms with E-state index in [9.17, 15) is 4.79 Å². The highest BCUT2D eigenvalue weighted by Crippen LogP contribution is 2.19. The summed E-state index contributed by atoms with van der Waals surface area (Å²) in [6.45, 7) is 5.61. The summed E-state index contributed by atoms with van der Waals surface area (Å²) in [6.07, 6.45) is -0.187. The monoisotopic (exact) mass is 325 g/mol. The van der Waals surface area contributed by atoms with E-state index in [1.807, 2.05) is 11.8 Å². The van der Waals surface area contributed by atoms with Crippen LogP contribution in [-0.4, -0.2) is 43.8 Å². The van der Waals surface area contributed by atoms with E-state index < -0.39 is 0 Å². The van der Waals surface area contributed by atoms with Crippen molar-refractivity contribution in [2.24, 2.45) is 0 Å². The van der Waals surface area contributed by atoms with Gasteiger partial charge >= 0.3 is 6.09 Å². The summed E-state index contributed by atoms with van der Waals surface area (Å²) in [6, 6.07) is 21.6. The van der Waals surface area contributed by atoms with Gasteiger partial charge in [-0.25, -0.2) is 4.79 Å². The second kappa shape index (κ2) is 7.97. The highest BCUT2D eigenvalue weighted by molar-refractivity contribution is 5.67. The van der Waals surface area contributed by atoms with Crippen LogP contribution >= 0.6 is 0 Å². The van der Waals surface area contributed by atoms with Crippen LogP contribution < -0.4 is 4.90 Å². The Hall–Kier alpha value is -2.33. The highest BCUT2D eigenvalue weighted by atomic mass is 16.6. The van der Waals surface area contributed by atoms with Gasteiger partial charge in [-0.2, -0.15) is 0 Å². The van der Waals surface area contributed by atoms with Crippen molar-refractivity contribution >= 4 is 6.09 Å². The molecule has 1 aliphatic rings. The molecule has 1 amide bonds. The Labute approximate surface area is 143 Å². The van der Waals surface area contributed by atoms with Gasteiger partial charge < -0.3 is 9.64 Å². The summed E-state index contributed by atoms with van der Waals surface area (Å²) in [7, 11) is 0. The molecule has 126 valence electrons. The van der Waals surface area contributed by atoms with Gasteiger partial charge in [0.25, 0.3) is 0 Å². The van der Waals surface area contributed by atoms with Crippen LogP contribution in [0.25, 0.3) is 0 Å². The lowest BCUT2D eigenvalue weighted by molar-refractivity contribution is -0.929. The minimum atomic E-state index is -0.187. The Morgan fingerprint density at radius 2 is 1.50 bits per heavy atom. The van der Waals surface area contributed by atoms with Crippen LogP contribution in [0.5, 0.6) is 0 Å². The van der Waals surface area contributed by atoms with Gasteiger partial charge in [0, 0.05) is 11.1 Å². The molecule has 0 atom stereocenters. The maximum Gasteiger partial charge on any atom is 0.410 e. The van der Waals surface area contributed by atoms with Crippen molar-refractivity contribution in [1.82, 2.24) is 4.90 Å². The third-order valence-electron chi connectivity index (χ3n) is 4.61. The van der Waals surface area contributed by atoms with Gasteiger partial charge in [-0.05, 0) is 6.92 Å². The summed E-state index contributed by atoms with van der Waals surface area (Å²) < 4.78 is 5.12. The fraction of sp³-hybridized carbons (Fsp3) is 0.350. The topological polar surface area (TPSA) is 34.0 Å². The van der Waals surface area contributed by atoms with Crippen LogP contribution in [0.3, 0.4) is 0 Å². The van der Waals surface area contributed by atoms with E-state index in [1.54, 1.807) is 0 Å². The molecule has 24 heavy (non-hydrogen) atoms. The number of rotatable bonds is 4. The van der Waals surface area contributed by atoms with Gasteiger partial charge in [-0.15, -0.1) is 0 Å². The molecule has 2 aromatic carbocycles. The van der Waals surface area contributed by atoms with E-state index in [0.717, 1.165) is 26.2 Å². The number of nitrogens with zero attached hydrogens (tertiary/aromatic N) is 1. The van der Waals surface area contributed by atoms with Crippen LogP contribution in [0.1, 0.15) is 24.1 Å². The number of ether oxygens (including phenoxy) is 1. The van der Waals surface area contributed by atoms with E-state index in [-0.39, 0.29) is 6.09 Å². The van der Waals surface area contributed by atoms with Crippen LogP contribution in [0.4, 0.5) is 4.79 Å². The molecule has 0 bridgehead atoms. The van der Waals surface area contributed by atoms with Gasteiger partial charge in [-0.1, -0.05) is 60.7 Å². The number of piperazine rings is 1. The summed E-state index contributed by atoms with van der Waals surface area (Å²) in [5, 5.41) is 0. The van der Waals surface area contributed by atoms with E-state index in [0.29, 0.717) is 12.6 Å². The molecule has 3 rings (SSSR count). The van der Waals surface area contributed by atoms with E-state index in [1.165, 1.54) is 16.0 Å². The molecule has 1 heterocycles. The quantitative estimate of drug-likeness (QED) is 0.934. The maximum atomic E-state index is 11.9. The van der Waals surface area contributed by atoms with Gasteiger partial charge in [0.2, 0.25) is 0 Å². The lowest BCUT2D eigenvalue weighted by Gasteiger charge is -2.36.